The van der Waals surface area contributed by atoms with Crippen LogP contribution in [0.5, 0.6) is 0 Å². The highest BCUT2D eigenvalue weighted by Crippen LogP contribution is 2.27. The number of aromatic nitrogens is 3. The normalized spacial score (nSPS) is 16.8. The summed E-state index contributed by atoms with van der Waals surface area (Å²) >= 11 is 0. The summed E-state index contributed by atoms with van der Waals surface area (Å²) in [5, 5.41) is 5.91. The number of anilines is 1. The van der Waals surface area contributed by atoms with Gasteiger partial charge < -0.3 is 14.4 Å². The van der Waals surface area contributed by atoms with Crippen molar-refractivity contribution in [3.63, 3.8) is 0 Å². The van der Waals surface area contributed by atoms with Crippen molar-refractivity contribution in [2.75, 3.05) is 24.5 Å². The van der Waals surface area contributed by atoms with Gasteiger partial charge in [0.05, 0.1) is 6.20 Å². The Morgan fingerprint density at radius 2 is 1.91 bits per heavy atom. The second-order valence-corrected chi connectivity index (χ2v) is 8.66. The van der Waals surface area contributed by atoms with E-state index >= 15 is 0 Å². The number of nitrogens with zero attached hydrogens (tertiary/aromatic N) is 5. The average Bonchev–Trinajstić information content (AvgIpc) is 3.10. The van der Waals surface area contributed by atoms with Crippen LogP contribution >= 0.6 is 0 Å². The van der Waals surface area contributed by atoms with Crippen LogP contribution in [-0.4, -0.2) is 50.8 Å². The molecule has 164 valence electrons. The number of fused-ring (bicyclic) bond motifs is 3. The van der Waals surface area contributed by atoms with E-state index in [0.717, 1.165) is 22.8 Å². The monoisotopic (exact) mass is 429 g/mol. The van der Waals surface area contributed by atoms with Crippen molar-refractivity contribution >= 4 is 33.4 Å². The van der Waals surface area contributed by atoms with Gasteiger partial charge in [0.2, 0.25) is 5.91 Å². The molecule has 1 amide bonds. The molecule has 4 aromatic rings. The first kappa shape index (κ1) is 20.3. The lowest BCUT2D eigenvalue weighted by molar-refractivity contribution is -0.132. The van der Waals surface area contributed by atoms with Crippen molar-refractivity contribution in [1.29, 1.82) is 0 Å². The van der Waals surface area contributed by atoms with Gasteiger partial charge in [-0.15, -0.1) is 0 Å². The summed E-state index contributed by atoms with van der Waals surface area (Å²) in [6.45, 7) is 6.50. The quantitative estimate of drug-likeness (QED) is 0.502. The highest BCUT2D eigenvalue weighted by molar-refractivity contribution is 6.07. The first-order valence-corrected chi connectivity index (χ1v) is 11.0. The Balaban J connectivity index is 1.43. The van der Waals surface area contributed by atoms with Crippen molar-refractivity contribution < 1.29 is 4.79 Å². The molecule has 1 atom stereocenters. The maximum absolute atomic E-state index is 13.4. The Morgan fingerprint density at radius 3 is 2.69 bits per heavy atom. The number of rotatable bonds is 3. The van der Waals surface area contributed by atoms with Gasteiger partial charge in [0, 0.05) is 54.7 Å². The number of aryl methyl sites for hydroxylation is 2. The second kappa shape index (κ2) is 7.82. The molecule has 2 aromatic carbocycles. The van der Waals surface area contributed by atoms with Gasteiger partial charge in [0.15, 0.2) is 0 Å². The molecule has 0 saturated carbocycles. The molecule has 7 nitrogen and oxygen atoms in total. The maximum Gasteiger partial charge on any atom is 0.291 e. The Morgan fingerprint density at radius 1 is 1.09 bits per heavy atom. The summed E-state index contributed by atoms with van der Waals surface area (Å²) in [6.07, 6.45) is 1.71. The summed E-state index contributed by atoms with van der Waals surface area (Å²) in [5.74, 6) is 0.0299. The number of hydrogen-bond acceptors (Lipinski definition) is 4. The van der Waals surface area contributed by atoms with Crippen molar-refractivity contribution in [2.45, 2.75) is 26.4 Å². The van der Waals surface area contributed by atoms with Gasteiger partial charge in [-0.2, -0.15) is 5.10 Å². The van der Waals surface area contributed by atoms with E-state index in [0.29, 0.717) is 18.6 Å². The number of hydrogen-bond donors (Lipinski definition) is 0. The minimum atomic E-state index is -0.191. The molecule has 0 aliphatic carbocycles. The molecule has 3 heterocycles. The van der Waals surface area contributed by atoms with Gasteiger partial charge in [-0.25, -0.2) is 4.68 Å². The van der Waals surface area contributed by atoms with E-state index in [1.165, 1.54) is 15.9 Å². The van der Waals surface area contributed by atoms with Crippen molar-refractivity contribution in [3.05, 3.63) is 70.6 Å². The first-order valence-electron chi connectivity index (χ1n) is 11.0. The van der Waals surface area contributed by atoms with E-state index in [1.54, 1.807) is 13.2 Å². The average molecular weight is 430 g/mol. The van der Waals surface area contributed by atoms with E-state index in [2.05, 4.69) is 48.1 Å². The molecule has 1 aliphatic heterocycles. The molecule has 5 rings (SSSR count). The highest BCUT2D eigenvalue weighted by Gasteiger charge is 2.28. The summed E-state index contributed by atoms with van der Waals surface area (Å²) in [6, 6.07) is 16.5. The van der Waals surface area contributed by atoms with E-state index in [1.807, 2.05) is 33.7 Å². The highest BCUT2D eigenvalue weighted by atomic mass is 16.2. The van der Waals surface area contributed by atoms with Gasteiger partial charge in [-0.3, -0.25) is 9.59 Å². The molecule has 0 radical (unpaired) electrons. The fourth-order valence-corrected chi connectivity index (χ4v) is 4.82. The van der Waals surface area contributed by atoms with E-state index in [-0.39, 0.29) is 24.1 Å². The van der Waals surface area contributed by atoms with Gasteiger partial charge in [-0.1, -0.05) is 30.3 Å². The first-order chi connectivity index (χ1) is 15.4. The molecule has 1 saturated heterocycles. The molecular formula is C25H27N5O2. The van der Waals surface area contributed by atoms with E-state index < -0.39 is 0 Å². The van der Waals surface area contributed by atoms with Crippen LogP contribution in [0, 0.1) is 6.92 Å². The fourth-order valence-electron chi connectivity index (χ4n) is 4.82. The van der Waals surface area contributed by atoms with Crippen LogP contribution in [0.1, 0.15) is 12.5 Å². The fraction of sp³-hybridized carbons (Fsp3) is 0.320. The largest absolute Gasteiger partial charge is 0.365 e. The van der Waals surface area contributed by atoms with E-state index in [4.69, 9.17) is 0 Å². The molecule has 0 bridgehead atoms. The van der Waals surface area contributed by atoms with Crippen LogP contribution in [0.15, 0.2) is 59.5 Å². The number of carbonyl (C=O) groups excluding carboxylic acids is 1. The van der Waals surface area contributed by atoms with Gasteiger partial charge in [-0.05, 0) is 37.6 Å². The van der Waals surface area contributed by atoms with Crippen LogP contribution in [0.4, 0.5) is 5.69 Å². The summed E-state index contributed by atoms with van der Waals surface area (Å²) in [7, 11) is 1.64. The Labute approximate surface area is 186 Å². The number of piperazine rings is 1. The Kier molecular flexibility index (Phi) is 4.96. The van der Waals surface area contributed by atoms with Gasteiger partial charge in [0.1, 0.15) is 12.1 Å². The second-order valence-electron chi connectivity index (χ2n) is 8.66. The summed E-state index contributed by atoms with van der Waals surface area (Å²) in [5.41, 5.74) is 3.65. The van der Waals surface area contributed by atoms with Crippen molar-refractivity contribution in [1.82, 2.24) is 19.2 Å². The zero-order chi connectivity index (χ0) is 22.4. The Hall–Kier alpha value is -3.61. The molecule has 0 spiro atoms. The standard InChI is InChI=1S/C25H27N5O2/c1-17-7-6-8-19(13-17)29-12-11-28(15-18(29)2)23(31)16-30-22-10-5-4-9-20(22)21-14-26-27(3)25(32)24(21)30/h4-10,13-14,18H,11-12,15-16H2,1-3H3. The lowest BCUT2D eigenvalue weighted by atomic mass is 10.1. The van der Waals surface area contributed by atoms with E-state index in [9.17, 15) is 9.59 Å². The molecule has 32 heavy (non-hydrogen) atoms. The van der Waals surface area contributed by atoms with Crippen molar-refractivity contribution in [3.8, 4) is 0 Å². The van der Waals surface area contributed by atoms with Crippen LogP contribution in [0.3, 0.4) is 0 Å². The summed E-state index contributed by atoms with van der Waals surface area (Å²) in [4.78, 5) is 30.5. The van der Waals surface area contributed by atoms with Gasteiger partial charge in [0.25, 0.3) is 5.56 Å². The molecule has 1 unspecified atom stereocenters. The van der Waals surface area contributed by atoms with Crippen LogP contribution in [0.2, 0.25) is 0 Å². The molecule has 7 heteroatoms. The Bertz CT molecular complexity index is 1390. The predicted molar refractivity (Wildman–Crippen MR) is 127 cm³/mol. The smallest absolute Gasteiger partial charge is 0.291 e. The van der Waals surface area contributed by atoms with Crippen LogP contribution in [-0.2, 0) is 18.4 Å². The third-order valence-corrected chi connectivity index (χ3v) is 6.47. The third kappa shape index (κ3) is 3.34. The third-order valence-electron chi connectivity index (χ3n) is 6.47. The number of para-hydroxylation sites is 1. The molecule has 1 aliphatic rings. The number of amides is 1. The van der Waals surface area contributed by atoms with Gasteiger partial charge >= 0.3 is 0 Å². The van der Waals surface area contributed by atoms with Crippen molar-refractivity contribution in [2.24, 2.45) is 7.05 Å². The SMILES string of the molecule is Cc1cccc(N2CCN(C(=O)Cn3c4ccccc4c4cnn(C)c(=O)c43)CC2C)c1. The predicted octanol–water partition coefficient (Wildman–Crippen LogP) is 2.93. The molecular weight excluding hydrogens is 402 g/mol. The van der Waals surface area contributed by atoms with Crippen LogP contribution in [0.25, 0.3) is 21.8 Å². The maximum atomic E-state index is 13.4. The molecule has 2 aromatic heterocycles. The topological polar surface area (TPSA) is 63.4 Å². The zero-order valence-electron chi connectivity index (χ0n) is 18.7. The lowest BCUT2D eigenvalue weighted by Gasteiger charge is -2.41. The minimum Gasteiger partial charge on any atom is -0.365 e. The van der Waals surface area contributed by atoms with Crippen LogP contribution < -0.4 is 10.5 Å². The molecule has 1 fully saturated rings. The number of carbonyl (C=O) groups is 1. The number of benzene rings is 2. The lowest BCUT2D eigenvalue weighted by Crippen LogP contribution is -2.54. The molecule has 0 N–H and O–H groups in total. The minimum absolute atomic E-state index is 0.0299. The summed E-state index contributed by atoms with van der Waals surface area (Å²) < 4.78 is 3.18. The zero-order valence-corrected chi connectivity index (χ0v) is 18.7.